The number of nitrogens with zero attached hydrogens (tertiary/aromatic N) is 4. The van der Waals surface area contributed by atoms with Gasteiger partial charge in [0, 0.05) is 19.6 Å². The van der Waals surface area contributed by atoms with Gasteiger partial charge in [0.05, 0.1) is 6.54 Å². The third kappa shape index (κ3) is 4.18. The predicted octanol–water partition coefficient (Wildman–Crippen LogP) is 1.35. The fourth-order valence-electron chi connectivity index (χ4n) is 2.53. The standard InChI is InChI=1S/C14H27N5O/c1-4-19(14-17-16-13(20-14)11-15-3)10-9-18-7-5-12(2)6-8-18/h12,15H,4-11H2,1-3H3. The number of rotatable bonds is 7. The molecule has 0 bridgehead atoms. The monoisotopic (exact) mass is 281 g/mol. The molecule has 1 aliphatic rings. The molecular formula is C14H27N5O. The molecule has 0 amide bonds. The summed E-state index contributed by atoms with van der Waals surface area (Å²) in [6.45, 7) is 10.4. The average Bonchev–Trinajstić information content (AvgIpc) is 2.91. The van der Waals surface area contributed by atoms with E-state index in [1.165, 1.54) is 25.9 Å². The van der Waals surface area contributed by atoms with Gasteiger partial charge in [-0.2, -0.15) is 0 Å². The third-order valence-electron chi connectivity index (χ3n) is 4.00. The zero-order chi connectivity index (χ0) is 14.4. The van der Waals surface area contributed by atoms with E-state index >= 15 is 0 Å². The Morgan fingerprint density at radius 2 is 2.10 bits per heavy atom. The van der Waals surface area contributed by atoms with Crippen LogP contribution in [0.2, 0.25) is 0 Å². The number of piperidine rings is 1. The molecule has 2 rings (SSSR count). The molecule has 0 atom stereocenters. The molecule has 2 heterocycles. The van der Waals surface area contributed by atoms with Gasteiger partial charge < -0.3 is 19.5 Å². The Kier molecular flexibility index (Phi) is 5.79. The van der Waals surface area contributed by atoms with Gasteiger partial charge in [-0.25, -0.2) is 0 Å². The first-order chi connectivity index (χ1) is 9.72. The minimum atomic E-state index is 0.620. The van der Waals surface area contributed by atoms with Crippen molar-refractivity contribution >= 4 is 6.01 Å². The lowest BCUT2D eigenvalue weighted by molar-refractivity contribution is 0.195. The van der Waals surface area contributed by atoms with Crippen molar-refractivity contribution in [2.24, 2.45) is 5.92 Å². The molecule has 6 heteroatoms. The molecular weight excluding hydrogens is 254 g/mol. The molecule has 1 saturated heterocycles. The van der Waals surface area contributed by atoms with Gasteiger partial charge in [-0.3, -0.25) is 0 Å². The maximum absolute atomic E-state index is 5.66. The van der Waals surface area contributed by atoms with E-state index in [0.717, 1.165) is 25.6 Å². The van der Waals surface area contributed by atoms with Crippen molar-refractivity contribution < 1.29 is 4.42 Å². The molecule has 6 nitrogen and oxygen atoms in total. The zero-order valence-corrected chi connectivity index (χ0v) is 12.9. The molecule has 0 radical (unpaired) electrons. The van der Waals surface area contributed by atoms with E-state index in [2.05, 4.69) is 39.2 Å². The quantitative estimate of drug-likeness (QED) is 0.814. The van der Waals surface area contributed by atoms with E-state index in [9.17, 15) is 0 Å². The third-order valence-corrected chi connectivity index (χ3v) is 4.00. The van der Waals surface area contributed by atoms with Crippen LogP contribution in [0.25, 0.3) is 0 Å². The second kappa shape index (κ2) is 7.59. The summed E-state index contributed by atoms with van der Waals surface area (Å²) in [6.07, 6.45) is 2.64. The molecule has 0 aromatic carbocycles. The molecule has 20 heavy (non-hydrogen) atoms. The van der Waals surface area contributed by atoms with Gasteiger partial charge in [0.15, 0.2) is 0 Å². The van der Waals surface area contributed by atoms with Crippen LogP contribution in [0.4, 0.5) is 6.01 Å². The van der Waals surface area contributed by atoms with E-state index in [1.807, 2.05) is 7.05 Å². The first-order valence-electron chi connectivity index (χ1n) is 7.67. The fourth-order valence-corrected chi connectivity index (χ4v) is 2.53. The van der Waals surface area contributed by atoms with Gasteiger partial charge in [-0.15, -0.1) is 5.10 Å². The molecule has 1 N–H and O–H groups in total. The van der Waals surface area contributed by atoms with Crippen LogP contribution in [0, 0.1) is 5.92 Å². The van der Waals surface area contributed by atoms with Crippen LogP contribution < -0.4 is 10.2 Å². The lowest BCUT2D eigenvalue weighted by Gasteiger charge is -2.31. The molecule has 1 aliphatic heterocycles. The molecule has 1 fully saturated rings. The van der Waals surface area contributed by atoms with E-state index < -0.39 is 0 Å². The smallest absolute Gasteiger partial charge is 0.318 e. The molecule has 1 aromatic rings. The SMILES string of the molecule is CCN(CCN1CCC(C)CC1)c1nnc(CNC)o1. The molecule has 0 aliphatic carbocycles. The molecule has 114 valence electrons. The van der Waals surface area contributed by atoms with Gasteiger partial charge in [-0.1, -0.05) is 12.0 Å². The van der Waals surface area contributed by atoms with Crippen molar-refractivity contribution in [2.45, 2.75) is 33.2 Å². The Labute approximate surface area is 121 Å². The number of likely N-dealkylation sites (N-methyl/N-ethyl adjacent to an activating group) is 1. The lowest BCUT2D eigenvalue weighted by Crippen LogP contribution is -2.39. The first kappa shape index (κ1) is 15.3. The molecule has 0 unspecified atom stereocenters. The van der Waals surface area contributed by atoms with Crippen LogP contribution in [0.15, 0.2) is 4.42 Å². The first-order valence-corrected chi connectivity index (χ1v) is 7.67. The maximum Gasteiger partial charge on any atom is 0.318 e. The summed E-state index contributed by atoms with van der Waals surface area (Å²) < 4.78 is 5.66. The van der Waals surface area contributed by atoms with Crippen molar-refractivity contribution in [3.05, 3.63) is 5.89 Å². The number of likely N-dealkylation sites (tertiary alicyclic amines) is 1. The van der Waals surface area contributed by atoms with E-state index in [-0.39, 0.29) is 0 Å². The summed E-state index contributed by atoms with van der Waals surface area (Å²) in [6, 6.07) is 0.642. The van der Waals surface area contributed by atoms with E-state index in [1.54, 1.807) is 0 Å². The van der Waals surface area contributed by atoms with Gasteiger partial charge in [0.2, 0.25) is 5.89 Å². The number of anilines is 1. The Balaban J connectivity index is 1.82. The van der Waals surface area contributed by atoms with Crippen LogP contribution in [0.5, 0.6) is 0 Å². The molecule has 0 saturated carbocycles. The Morgan fingerprint density at radius 3 is 2.75 bits per heavy atom. The van der Waals surface area contributed by atoms with Gasteiger partial charge in [0.25, 0.3) is 0 Å². The number of aromatic nitrogens is 2. The number of hydrogen-bond donors (Lipinski definition) is 1. The minimum absolute atomic E-state index is 0.620. The summed E-state index contributed by atoms with van der Waals surface area (Å²) in [7, 11) is 1.87. The van der Waals surface area contributed by atoms with E-state index in [4.69, 9.17) is 4.42 Å². The minimum Gasteiger partial charge on any atom is -0.407 e. The van der Waals surface area contributed by atoms with Crippen LogP contribution >= 0.6 is 0 Å². The topological polar surface area (TPSA) is 57.4 Å². The predicted molar refractivity (Wildman–Crippen MR) is 79.8 cm³/mol. The second-order valence-corrected chi connectivity index (χ2v) is 5.61. The highest BCUT2D eigenvalue weighted by molar-refractivity contribution is 5.23. The Bertz CT molecular complexity index is 387. The van der Waals surface area contributed by atoms with Crippen molar-refractivity contribution in [1.29, 1.82) is 0 Å². The zero-order valence-electron chi connectivity index (χ0n) is 12.9. The fraction of sp³-hybridized carbons (Fsp3) is 0.857. The van der Waals surface area contributed by atoms with Crippen molar-refractivity contribution in [3.63, 3.8) is 0 Å². The van der Waals surface area contributed by atoms with Gasteiger partial charge in [-0.05, 0) is 45.8 Å². The summed E-state index contributed by atoms with van der Waals surface area (Å²) in [5.41, 5.74) is 0. The number of hydrogen-bond acceptors (Lipinski definition) is 6. The van der Waals surface area contributed by atoms with Crippen LogP contribution in [-0.4, -0.2) is 54.9 Å². The van der Waals surface area contributed by atoms with Crippen molar-refractivity contribution in [2.75, 3.05) is 44.7 Å². The lowest BCUT2D eigenvalue weighted by atomic mass is 9.99. The van der Waals surface area contributed by atoms with Crippen molar-refractivity contribution in [1.82, 2.24) is 20.4 Å². The summed E-state index contributed by atoms with van der Waals surface area (Å²) in [4.78, 5) is 4.69. The van der Waals surface area contributed by atoms with Crippen LogP contribution in [-0.2, 0) is 6.54 Å². The normalized spacial score (nSPS) is 17.6. The highest BCUT2D eigenvalue weighted by atomic mass is 16.4. The number of nitrogens with one attached hydrogen (secondary N) is 1. The summed E-state index contributed by atoms with van der Waals surface area (Å²) in [5.74, 6) is 1.53. The summed E-state index contributed by atoms with van der Waals surface area (Å²) in [5, 5.41) is 11.2. The Hall–Kier alpha value is -1.14. The van der Waals surface area contributed by atoms with Gasteiger partial charge >= 0.3 is 6.01 Å². The Morgan fingerprint density at radius 1 is 1.35 bits per heavy atom. The second-order valence-electron chi connectivity index (χ2n) is 5.61. The average molecular weight is 281 g/mol. The van der Waals surface area contributed by atoms with Gasteiger partial charge in [0.1, 0.15) is 0 Å². The van der Waals surface area contributed by atoms with Crippen LogP contribution in [0.1, 0.15) is 32.6 Å². The van der Waals surface area contributed by atoms with Crippen LogP contribution in [0.3, 0.4) is 0 Å². The molecule has 1 aromatic heterocycles. The van der Waals surface area contributed by atoms with E-state index in [0.29, 0.717) is 18.5 Å². The summed E-state index contributed by atoms with van der Waals surface area (Å²) >= 11 is 0. The highest BCUT2D eigenvalue weighted by Crippen LogP contribution is 2.16. The maximum atomic E-state index is 5.66. The van der Waals surface area contributed by atoms with Crippen molar-refractivity contribution in [3.8, 4) is 0 Å². The largest absolute Gasteiger partial charge is 0.407 e. The highest BCUT2D eigenvalue weighted by Gasteiger charge is 2.18. The molecule has 0 spiro atoms.